The van der Waals surface area contributed by atoms with Crippen LogP contribution in [0.4, 0.5) is 5.95 Å². The number of hydrogen-bond acceptors (Lipinski definition) is 5. The van der Waals surface area contributed by atoms with E-state index in [0.717, 1.165) is 64.0 Å². The number of aromatic nitrogens is 3. The van der Waals surface area contributed by atoms with Crippen LogP contribution in [0, 0.1) is 0 Å². The summed E-state index contributed by atoms with van der Waals surface area (Å²) >= 11 is 0. The van der Waals surface area contributed by atoms with Gasteiger partial charge < -0.3 is 15.0 Å². The van der Waals surface area contributed by atoms with Crippen LogP contribution in [0.25, 0.3) is 0 Å². The van der Waals surface area contributed by atoms with Crippen molar-refractivity contribution in [2.45, 2.75) is 18.8 Å². The lowest BCUT2D eigenvalue weighted by Gasteiger charge is -2.27. The van der Waals surface area contributed by atoms with Gasteiger partial charge in [-0.15, -0.1) is 0 Å². The van der Waals surface area contributed by atoms with Gasteiger partial charge in [0.1, 0.15) is 0 Å². The van der Waals surface area contributed by atoms with E-state index in [4.69, 9.17) is 9.72 Å². The van der Waals surface area contributed by atoms with E-state index in [1.165, 1.54) is 0 Å². The lowest BCUT2D eigenvalue weighted by Crippen LogP contribution is -2.44. The molecule has 18 heavy (non-hydrogen) atoms. The summed E-state index contributed by atoms with van der Waals surface area (Å²) in [7, 11) is 1.99. The maximum atomic E-state index is 5.39. The largest absolute Gasteiger partial charge is 0.381 e. The maximum Gasteiger partial charge on any atom is 0.223 e. The summed E-state index contributed by atoms with van der Waals surface area (Å²) in [5.41, 5.74) is 0. The molecule has 1 aromatic rings. The van der Waals surface area contributed by atoms with Crippen LogP contribution in [0.1, 0.15) is 24.6 Å². The highest BCUT2D eigenvalue weighted by atomic mass is 16.5. The topological polar surface area (TPSA) is 55.2 Å². The van der Waals surface area contributed by atoms with Crippen LogP contribution in [-0.2, 0) is 11.8 Å². The lowest BCUT2D eigenvalue weighted by atomic mass is 10.00. The molecule has 2 fully saturated rings. The van der Waals surface area contributed by atoms with E-state index < -0.39 is 0 Å². The monoisotopic (exact) mass is 251 g/mol. The lowest BCUT2D eigenvalue weighted by molar-refractivity contribution is 0.0836. The molecule has 1 aromatic heterocycles. The van der Waals surface area contributed by atoms with Crippen molar-refractivity contribution in [3.8, 4) is 0 Å². The average Bonchev–Trinajstić information content (AvgIpc) is 2.83. The minimum absolute atomic E-state index is 0.474. The van der Waals surface area contributed by atoms with Gasteiger partial charge in [0.15, 0.2) is 5.82 Å². The molecule has 0 unspecified atom stereocenters. The molecule has 0 aromatic carbocycles. The molecule has 0 radical (unpaired) electrons. The van der Waals surface area contributed by atoms with Gasteiger partial charge in [0.25, 0.3) is 0 Å². The zero-order valence-corrected chi connectivity index (χ0v) is 10.9. The van der Waals surface area contributed by atoms with Gasteiger partial charge in [-0.3, -0.25) is 0 Å². The Labute approximate surface area is 107 Å². The second-order valence-corrected chi connectivity index (χ2v) is 5.02. The van der Waals surface area contributed by atoms with Crippen molar-refractivity contribution in [3.63, 3.8) is 0 Å². The van der Waals surface area contributed by atoms with Crippen molar-refractivity contribution in [2.75, 3.05) is 44.3 Å². The van der Waals surface area contributed by atoms with Gasteiger partial charge in [-0.25, -0.2) is 4.68 Å². The minimum Gasteiger partial charge on any atom is -0.381 e. The molecule has 0 atom stereocenters. The molecule has 1 N–H and O–H groups in total. The van der Waals surface area contributed by atoms with Crippen molar-refractivity contribution in [1.29, 1.82) is 0 Å². The predicted octanol–water partition coefficient (Wildman–Crippen LogP) is 0.119. The van der Waals surface area contributed by atoms with Gasteiger partial charge in [-0.05, 0) is 12.8 Å². The molecule has 3 heterocycles. The van der Waals surface area contributed by atoms with E-state index in [1.54, 1.807) is 0 Å². The first kappa shape index (κ1) is 11.9. The van der Waals surface area contributed by atoms with Crippen molar-refractivity contribution in [3.05, 3.63) is 5.82 Å². The van der Waals surface area contributed by atoms with E-state index >= 15 is 0 Å². The molecule has 2 aliphatic rings. The molecular weight excluding hydrogens is 230 g/mol. The molecule has 0 amide bonds. The van der Waals surface area contributed by atoms with Crippen LogP contribution in [-0.4, -0.2) is 54.2 Å². The molecule has 2 saturated heterocycles. The Balaban J connectivity index is 1.76. The van der Waals surface area contributed by atoms with E-state index in [0.29, 0.717) is 5.92 Å². The Hall–Kier alpha value is -1.14. The van der Waals surface area contributed by atoms with Gasteiger partial charge in [-0.2, -0.15) is 10.1 Å². The summed E-state index contributed by atoms with van der Waals surface area (Å²) in [6, 6.07) is 0. The summed E-state index contributed by atoms with van der Waals surface area (Å²) in [5, 5.41) is 7.96. The fourth-order valence-electron chi connectivity index (χ4n) is 2.66. The van der Waals surface area contributed by atoms with Gasteiger partial charge in [0, 0.05) is 52.4 Å². The maximum absolute atomic E-state index is 5.39. The van der Waals surface area contributed by atoms with Crippen molar-refractivity contribution in [2.24, 2.45) is 7.05 Å². The molecule has 6 heteroatoms. The van der Waals surface area contributed by atoms with Gasteiger partial charge in [0.05, 0.1) is 0 Å². The molecule has 0 saturated carbocycles. The third-order valence-corrected chi connectivity index (χ3v) is 3.74. The predicted molar refractivity (Wildman–Crippen MR) is 68.9 cm³/mol. The zero-order chi connectivity index (χ0) is 12.4. The number of aryl methyl sites for hydroxylation is 1. The number of ether oxygens (including phenoxy) is 1. The SMILES string of the molecule is Cn1nc(C2CCOCC2)nc1N1CCNCC1. The number of nitrogens with one attached hydrogen (secondary N) is 1. The van der Waals surface area contributed by atoms with Crippen LogP contribution in [0.3, 0.4) is 0 Å². The van der Waals surface area contributed by atoms with Gasteiger partial charge in [0.2, 0.25) is 5.95 Å². The average molecular weight is 251 g/mol. The Morgan fingerprint density at radius 2 is 1.94 bits per heavy atom. The van der Waals surface area contributed by atoms with Crippen molar-refractivity contribution < 1.29 is 4.74 Å². The van der Waals surface area contributed by atoms with E-state index in [9.17, 15) is 0 Å². The zero-order valence-electron chi connectivity index (χ0n) is 10.9. The van der Waals surface area contributed by atoms with Crippen LogP contribution in [0.5, 0.6) is 0 Å². The standard InChI is InChI=1S/C12H21N5O/c1-16-12(17-6-4-13-5-7-17)14-11(15-16)10-2-8-18-9-3-10/h10,13H,2-9H2,1H3. The highest BCUT2D eigenvalue weighted by molar-refractivity contribution is 5.31. The molecular formula is C12H21N5O. The molecule has 3 rings (SSSR count). The molecule has 6 nitrogen and oxygen atoms in total. The van der Waals surface area contributed by atoms with Crippen LogP contribution >= 0.6 is 0 Å². The highest BCUT2D eigenvalue weighted by Gasteiger charge is 2.23. The van der Waals surface area contributed by atoms with Crippen LogP contribution in [0.15, 0.2) is 0 Å². The Kier molecular flexibility index (Phi) is 3.47. The number of nitrogens with zero attached hydrogens (tertiary/aromatic N) is 4. The molecule has 0 aliphatic carbocycles. The number of hydrogen-bond donors (Lipinski definition) is 1. The second-order valence-electron chi connectivity index (χ2n) is 5.02. The molecule has 2 aliphatic heterocycles. The smallest absolute Gasteiger partial charge is 0.223 e. The fourth-order valence-corrected chi connectivity index (χ4v) is 2.66. The molecule has 100 valence electrons. The third kappa shape index (κ3) is 2.35. The Morgan fingerprint density at radius 3 is 2.67 bits per heavy atom. The van der Waals surface area contributed by atoms with Gasteiger partial charge >= 0.3 is 0 Å². The minimum atomic E-state index is 0.474. The fraction of sp³-hybridized carbons (Fsp3) is 0.833. The first-order chi connectivity index (χ1) is 8.84. The molecule has 0 bridgehead atoms. The second kappa shape index (κ2) is 5.24. The van der Waals surface area contributed by atoms with Crippen molar-refractivity contribution >= 4 is 5.95 Å². The Morgan fingerprint density at radius 1 is 1.22 bits per heavy atom. The summed E-state index contributed by atoms with van der Waals surface area (Å²) in [5.74, 6) is 2.48. The number of piperazine rings is 1. The van der Waals surface area contributed by atoms with E-state index in [-0.39, 0.29) is 0 Å². The highest BCUT2D eigenvalue weighted by Crippen LogP contribution is 2.25. The van der Waals surface area contributed by atoms with Crippen LogP contribution in [0.2, 0.25) is 0 Å². The quantitative estimate of drug-likeness (QED) is 0.809. The van der Waals surface area contributed by atoms with Crippen LogP contribution < -0.4 is 10.2 Å². The number of rotatable bonds is 2. The van der Waals surface area contributed by atoms with E-state index in [1.807, 2.05) is 11.7 Å². The summed E-state index contributed by atoms with van der Waals surface area (Å²) in [6.07, 6.45) is 2.09. The Bertz CT molecular complexity index is 393. The number of anilines is 1. The first-order valence-corrected chi connectivity index (χ1v) is 6.79. The normalized spacial score (nSPS) is 22.4. The summed E-state index contributed by atoms with van der Waals surface area (Å²) in [6.45, 7) is 5.76. The third-order valence-electron chi connectivity index (χ3n) is 3.74. The molecule has 0 spiro atoms. The first-order valence-electron chi connectivity index (χ1n) is 6.79. The van der Waals surface area contributed by atoms with Gasteiger partial charge in [-0.1, -0.05) is 0 Å². The van der Waals surface area contributed by atoms with E-state index in [2.05, 4.69) is 15.3 Å². The summed E-state index contributed by atoms with van der Waals surface area (Å²) in [4.78, 5) is 7.06. The summed E-state index contributed by atoms with van der Waals surface area (Å²) < 4.78 is 7.32. The van der Waals surface area contributed by atoms with Crippen molar-refractivity contribution in [1.82, 2.24) is 20.1 Å².